The first-order chi connectivity index (χ1) is 30.2. The highest BCUT2D eigenvalue weighted by Gasteiger charge is 2.51. The first-order valence-corrected chi connectivity index (χ1v) is 22.0. The molecular weight excluding hydrogens is 837 g/mol. The number of aliphatic hydroxyl groups excluding tert-OH is 8. The summed E-state index contributed by atoms with van der Waals surface area (Å²) < 4.78 is 23.1. The predicted octanol–water partition coefficient (Wildman–Crippen LogP) is 1.98. The van der Waals surface area contributed by atoms with Crippen molar-refractivity contribution in [1.29, 1.82) is 0 Å². The van der Waals surface area contributed by atoms with E-state index < -0.39 is 141 Å². The van der Waals surface area contributed by atoms with E-state index in [-0.39, 0.29) is 38.0 Å². The van der Waals surface area contributed by atoms with E-state index in [9.17, 15) is 65.4 Å². The fourth-order valence-corrected chi connectivity index (χ4v) is 7.71. The van der Waals surface area contributed by atoms with Crippen molar-refractivity contribution < 1.29 is 84.4 Å². The van der Waals surface area contributed by atoms with E-state index in [1.54, 1.807) is 81.5 Å². The summed E-state index contributed by atoms with van der Waals surface area (Å²) in [7, 11) is 0. The van der Waals surface area contributed by atoms with Gasteiger partial charge < -0.3 is 70.0 Å². The molecule has 0 saturated carbocycles. The first kappa shape index (κ1) is 54.6. The maximum Gasteiger partial charge on any atom is 0.311 e. The number of hydrogen-bond acceptors (Lipinski definition) is 16. The second kappa shape index (κ2) is 27.1. The number of esters is 1. The fraction of sp³-hybridized carbons (Fsp3) is 0.638. The van der Waals surface area contributed by atoms with Crippen LogP contribution in [-0.4, -0.2) is 154 Å². The zero-order valence-electron chi connectivity index (χ0n) is 37.0. The molecule has 0 aromatic rings. The monoisotopic (exact) mass is 906 g/mol. The normalized spacial score (nSPS) is 43.7. The van der Waals surface area contributed by atoms with Crippen LogP contribution in [0.2, 0.25) is 0 Å². The van der Waals surface area contributed by atoms with Crippen molar-refractivity contribution in [3.63, 3.8) is 0 Å². The van der Waals surface area contributed by atoms with Gasteiger partial charge in [-0.1, -0.05) is 98.9 Å². The Morgan fingerprint density at radius 1 is 0.656 bits per heavy atom. The molecule has 3 aliphatic rings. The van der Waals surface area contributed by atoms with Gasteiger partial charge >= 0.3 is 11.9 Å². The number of hydrogen-bond donors (Lipinski definition) is 10. The van der Waals surface area contributed by atoms with Crippen LogP contribution in [0.1, 0.15) is 85.5 Å². The second-order valence-corrected chi connectivity index (χ2v) is 17.2. The lowest BCUT2D eigenvalue weighted by molar-refractivity contribution is -0.309. The molecule has 360 valence electrons. The molecule has 0 aromatic carbocycles. The number of cyclic esters (lactones) is 1. The Balaban J connectivity index is 1.84. The van der Waals surface area contributed by atoms with Gasteiger partial charge in [-0.25, -0.2) is 0 Å². The number of Topliss-reactive ketones (excluding diaryl/α,β-unsaturated/α-hetero) is 1. The molecule has 2 bridgehead atoms. The van der Waals surface area contributed by atoms with Gasteiger partial charge in [0.25, 0.3) is 0 Å². The number of aliphatic carboxylic acids is 1. The SMILES string of the molecule is C[C@@H]1[C@H](O)[C@@H](C)/C=C/C=C/C=C/C=C/C=C/C=C/C=C/C(O[C@@H]2O[C@H](C)[C@@H](O)C[C@H]2O)C[C@@H]2O[C@](O)(CC(O)[C@H](O)CCC(=O)CC(O)CC(O)CC(=O)O[C@H]1C)C[C@H](O)[C@H]2C(=O)O. The van der Waals surface area contributed by atoms with Crippen molar-refractivity contribution in [2.24, 2.45) is 17.8 Å². The Kier molecular flexibility index (Phi) is 23.1. The standard InChI is InChI=1S/C47H70O17/c1-28-17-15-13-11-9-7-5-6-8-10-12-14-16-18-35(63-46-38(53)25-37(52)31(4)62-46)24-41-43(45(58)59)40(55)27-47(60,64-41)26-39(54)36(51)20-19-32(48)21-33(49)22-34(50)23-42(56)61-30(3)29(2)44(28)57/h5-18,28-31,33-41,43-44,46,49-55,57,60H,19-27H2,1-4H3,(H,58,59)/b6-5+,9-7+,10-8+,13-11+,14-12+,17-15+,18-16+/t28-,29-,30-,31+,33?,34?,35?,36+,37-,38+,39?,40-,41-,43+,44+,46-,47+/m0/s1. The lowest BCUT2D eigenvalue weighted by atomic mass is 9.82. The number of carbonyl (C=O) groups is 3. The van der Waals surface area contributed by atoms with E-state index in [0.717, 1.165) is 0 Å². The van der Waals surface area contributed by atoms with Gasteiger partial charge in [0.05, 0.1) is 67.5 Å². The van der Waals surface area contributed by atoms with Crippen LogP contribution in [0.3, 0.4) is 0 Å². The van der Waals surface area contributed by atoms with E-state index in [0.29, 0.717) is 0 Å². The van der Waals surface area contributed by atoms with E-state index in [1.165, 1.54) is 6.08 Å². The summed E-state index contributed by atoms with van der Waals surface area (Å²) in [5.74, 6) is -7.41. The fourth-order valence-electron chi connectivity index (χ4n) is 7.71. The van der Waals surface area contributed by atoms with Crippen LogP contribution in [0.15, 0.2) is 85.1 Å². The quantitative estimate of drug-likeness (QED) is 0.181. The van der Waals surface area contributed by atoms with Crippen LogP contribution in [0.5, 0.6) is 0 Å². The highest BCUT2D eigenvalue weighted by molar-refractivity contribution is 5.78. The minimum Gasteiger partial charge on any atom is -0.481 e. The van der Waals surface area contributed by atoms with Gasteiger partial charge in [-0.15, -0.1) is 0 Å². The Morgan fingerprint density at radius 3 is 1.80 bits per heavy atom. The summed E-state index contributed by atoms with van der Waals surface area (Å²) in [5, 5.41) is 107. The van der Waals surface area contributed by atoms with Crippen molar-refractivity contribution in [3.05, 3.63) is 85.1 Å². The number of carboxylic acids is 1. The van der Waals surface area contributed by atoms with Crippen molar-refractivity contribution in [1.82, 2.24) is 0 Å². The number of carboxylic acid groups (broad SMARTS) is 1. The molecule has 10 N–H and O–H groups in total. The zero-order chi connectivity index (χ0) is 47.6. The molecular formula is C47H70O17. The largest absolute Gasteiger partial charge is 0.481 e. The van der Waals surface area contributed by atoms with Gasteiger partial charge in [0.2, 0.25) is 0 Å². The molecule has 4 unspecified atom stereocenters. The smallest absolute Gasteiger partial charge is 0.311 e. The Labute approximate surface area is 375 Å². The molecule has 3 rings (SSSR count). The number of carbonyl (C=O) groups excluding carboxylic acids is 2. The van der Waals surface area contributed by atoms with Gasteiger partial charge in [0.15, 0.2) is 12.1 Å². The average molecular weight is 907 g/mol. The van der Waals surface area contributed by atoms with Crippen LogP contribution in [0.25, 0.3) is 0 Å². The first-order valence-electron chi connectivity index (χ1n) is 22.0. The highest BCUT2D eigenvalue weighted by Crippen LogP contribution is 2.38. The summed E-state index contributed by atoms with van der Waals surface area (Å²) in [6.45, 7) is 6.78. The third kappa shape index (κ3) is 18.7. The molecule has 64 heavy (non-hydrogen) atoms. The molecule has 17 nitrogen and oxygen atoms in total. The average Bonchev–Trinajstić information content (AvgIpc) is 3.19. The number of rotatable bonds is 3. The van der Waals surface area contributed by atoms with Crippen LogP contribution in [0, 0.1) is 17.8 Å². The minimum atomic E-state index is -2.36. The molecule has 0 aliphatic carbocycles. The topological polar surface area (TPSA) is 290 Å². The second-order valence-electron chi connectivity index (χ2n) is 17.2. The van der Waals surface area contributed by atoms with Crippen molar-refractivity contribution in [2.45, 2.75) is 171 Å². The van der Waals surface area contributed by atoms with Crippen molar-refractivity contribution >= 4 is 17.7 Å². The summed E-state index contributed by atoms with van der Waals surface area (Å²) in [4.78, 5) is 37.7. The van der Waals surface area contributed by atoms with Gasteiger partial charge in [0, 0.05) is 56.8 Å². The van der Waals surface area contributed by atoms with Crippen LogP contribution >= 0.6 is 0 Å². The number of ether oxygens (including phenoxy) is 4. The molecule has 0 spiro atoms. The minimum absolute atomic E-state index is 0.0597. The number of fused-ring (bicyclic) bond motifs is 2. The molecule has 17 heteroatoms. The Hall–Kier alpha value is -3.69. The Morgan fingerprint density at radius 2 is 1.20 bits per heavy atom. The van der Waals surface area contributed by atoms with E-state index in [1.807, 2.05) is 25.2 Å². The van der Waals surface area contributed by atoms with Crippen LogP contribution < -0.4 is 0 Å². The predicted molar refractivity (Wildman–Crippen MR) is 233 cm³/mol. The maximum absolute atomic E-state index is 12.7. The van der Waals surface area contributed by atoms with E-state index >= 15 is 0 Å². The van der Waals surface area contributed by atoms with E-state index in [4.69, 9.17) is 18.9 Å². The molecule has 0 aromatic heterocycles. The maximum atomic E-state index is 12.7. The van der Waals surface area contributed by atoms with Gasteiger partial charge in [-0.05, 0) is 20.3 Å². The van der Waals surface area contributed by atoms with E-state index in [2.05, 4.69) is 0 Å². The lowest BCUT2D eigenvalue weighted by Crippen LogP contribution is -2.56. The lowest BCUT2D eigenvalue weighted by Gasteiger charge is -2.45. The summed E-state index contributed by atoms with van der Waals surface area (Å²) >= 11 is 0. The molecule has 3 heterocycles. The van der Waals surface area contributed by atoms with Gasteiger partial charge in [0.1, 0.15) is 23.9 Å². The molecule has 0 radical (unpaired) electrons. The number of aliphatic hydroxyl groups is 9. The summed E-state index contributed by atoms with van der Waals surface area (Å²) in [6, 6.07) is 0. The number of allylic oxidation sites excluding steroid dienone is 12. The number of ketones is 1. The van der Waals surface area contributed by atoms with Gasteiger partial charge in [-0.2, -0.15) is 0 Å². The van der Waals surface area contributed by atoms with Crippen molar-refractivity contribution in [2.75, 3.05) is 0 Å². The third-order valence-electron chi connectivity index (χ3n) is 11.7. The van der Waals surface area contributed by atoms with Crippen LogP contribution in [-0.2, 0) is 33.3 Å². The van der Waals surface area contributed by atoms with Crippen LogP contribution in [0.4, 0.5) is 0 Å². The third-order valence-corrected chi connectivity index (χ3v) is 11.7. The molecule has 2 fully saturated rings. The Bertz CT molecular complexity index is 1670. The summed E-state index contributed by atoms with van der Waals surface area (Å²) in [6.07, 6.45) is 4.91. The van der Waals surface area contributed by atoms with Gasteiger partial charge in [-0.3, -0.25) is 14.4 Å². The van der Waals surface area contributed by atoms with Crippen molar-refractivity contribution in [3.8, 4) is 0 Å². The summed E-state index contributed by atoms with van der Waals surface area (Å²) in [5.41, 5.74) is 0. The molecule has 0 amide bonds. The zero-order valence-corrected chi connectivity index (χ0v) is 37.0. The highest BCUT2D eigenvalue weighted by atomic mass is 16.7. The molecule has 3 aliphatic heterocycles. The molecule has 17 atom stereocenters. The molecule has 2 saturated heterocycles.